The van der Waals surface area contributed by atoms with Crippen molar-refractivity contribution in [2.45, 2.75) is 13.2 Å². The van der Waals surface area contributed by atoms with Crippen LogP contribution in [0.5, 0.6) is 5.75 Å². The number of halogens is 3. The summed E-state index contributed by atoms with van der Waals surface area (Å²) in [6, 6.07) is 11.9. The number of oxime groups is 1. The fourth-order valence-corrected chi connectivity index (χ4v) is 4.45. The highest BCUT2D eigenvalue weighted by Crippen LogP contribution is 2.37. The van der Waals surface area contributed by atoms with Crippen LogP contribution in [0.3, 0.4) is 0 Å². The molecule has 0 radical (unpaired) electrons. The molecular formula is C24H16Cl2FN3O5. The van der Waals surface area contributed by atoms with Crippen molar-refractivity contribution in [2.75, 3.05) is 17.0 Å². The van der Waals surface area contributed by atoms with Gasteiger partial charge in [0.25, 0.3) is 11.8 Å². The number of anilines is 2. The van der Waals surface area contributed by atoms with Crippen LogP contribution in [0.4, 0.5) is 15.8 Å². The molecule has 0 aromatic heterocycles. The molecule has 35 heavy (non-hydrogen) atoms. The Kier molecular flexibility index (Phi) is 6.06. The second-order valence-corrected chi connectivity index (χ2v) is 8.58. The Labute approximate surface area is 208 Å². The van der Waals surface area contributed by atoms with Gasteiger partial charge in [0, 0.05) is 22.4 Å². The summed E-state index contributed by atoms with van der Waals surface area (Å²) in [5.41, 5.74) is 2.01. The predicted molar refractivity (Wildman–Crippen MR) is 127 cm³/mol. The van der Waals surface area contributed by atoms with Crippen LogP contribution in [-0.4, -0.2) is 29.5 Å². The predicted octanol–water partition coefficient (Wildman–Crippen LogP) is 4.98. The molecule has 2 aliphatic rings. The van der Waals surface area contributed by atoms with E-state index < -0.39 is 17.6 Å². The van der Waals surface area contributed by atoms with Crippen molar-refractivity contribution >= 4 is 52.1 Å². The van der Waals surface area contributed by atoms with E-state index in [0.29, 0.717) is 33.8 Å². The van der Waals surface area contributed by atoms with E-state index in [0.717, 1.165) is 0 Å². The third kappa shape index (κ3) is 4.18. The van der Waals surface area contributed by atoms with Gasteiger partial charge in [0.15, 0.2) is 12.5 Å². The van der Waals surface area contributed by atoms with Crippen LogP contribution < -0.4 is 15.0 Å². The number of ether oxygens (including phenoxy) is 2. The van der Waals surface area contributed by atoms with Crippen molar-refractivity contribution in [1.82, 2.24) is 0 Å². The molecule has 0 saturated carbocycles. The Balaban J connectivity index is 1.49. The van der Waals surface area contributed by atoms with Crippen molar-refractivity contribution in [3.63, 3.8) is 0 Å². The van der Waals surface area contributed by atoms with Gasteiger partial charge in [-0.25, -0.2) is 4.39 Å². The maximum Gasteiger partial charge on any atom is 0.281 e. The fourth-order valence-electron chi connectivity index (χ4n) is 4.06. The number of fused-ring (bicyclic) bond motifs is 2. The van der Waals surface area contributed by atoms with E-state index in [-0.39, 0.29) is 41.3 Å². The van der Waals surface area contributed by atoms with Gasteiger partial charge in [0.1, 0.15) is 11.6 Å². The van der Waals surface area contributed by atoms with Crippen LogP contribution >= 0.6 is 23.2 Å². The summed E-state index contributed by atoms with van der Waals surface area (Å²) in [6.07, 6.45) is 0. The summed E-state index contributed by atoms with van der Waals surface area (Å²) in [7, 11) is 0. The Hall–Kier alpha value is -3.66. The number of benzene rings is 3. The molecule has 178 valence electrons. The minimum Gasteiger partial charge on any atom is -0.467 e. The Morgan fingerprint density at radius 2 is 2.03 bits per heavy atom. The first-order chi connectivity index (χ1) is 16.9. The average molecular weight is 516 g/mol. The van der Waals surface area contributed by atoms with E-state index >= 15 is 0 Å². The van der Waals surface area contributed by atoms with Gasteiger partial charge in [-0.05, 0) is 42.5 Å². The SMILES string of the molecule is O=C(Nc1ccc2c(c1)N(Cc1cc(F)cc3c1OCOC3)C(=O)/C2=N\O)c1cccc(Cl)c1Cl. The second-order valence-electron chi connectivity index (χ2n) is 7.79. The molecule has 8 nitrogen and oxygen atoms in total. The minimum absolute atomic E-state index is 0.00174. The monoisotopic (exact) mass is 515 g/mol. The van der Waals surface area contributed by atoms with Crippen molar-refractivity contribution in [3.8, 4) is 5.75 Å². The number of hydrogen-bond acceptors (Lipinski definition) is 6. The van der Waals surface area contributed by atoms with E-state index in [9.17, 15) is 19.2 Å². The highest BCUT2D eigenvalue weighted by Gasteiger charge is 2.36. The van der Waals surface area contributed by atoms with Crippen molar-refractivity contribution in [3.05, 3.63) is 86.6 Å². The highest BCUT2D eigenvalue weighted by molar-refractivity contribution is 6.54. The van der Waals surface area contributed by atoms with Crippen molar-refractivity contribution < 1.29 is 28.7 Å². The molecule has 0 fully saturated rings. The Bertz CT molecular complexity index is 1410. The first-order valence-corrected chi connectivity index (χ1v) is 11.1. The molecule has 0 bridgehead atoms. The second kappa shape index (κ2) is 9.18. The molecule has 0 unspecified atom stereocenters. The number of rotatable bonds is 4. The normalized spacial score (nSPS) is 15.6. The standard InChI is InChI=1S/C24H16Cl2FN3O5/c25-18-3-1-2-17(20(18)26)23(31)28-15-4-5-16-19(8-15)30(24(32)21(16)29-33)9-12-6-14(27)7-13-10-34-11-35-22(12)13/h1-8,33H,9-11H2,(H,28,31)/b29-21-. The quantitative estimate of drug-likeness (QED) is 0.377. The molecule has 0 aliphatic carbocycles. The zero-order valence-electron chi connectivity index (χ0n) is 17.8. The largest absolute Gasteiger partial charge is 0.467 e. The summed E-state index contributed by atoms with van der Waals surface area (Å²) in [5.74, 6) is -1.16. The smallest absolute Gasteiger partial charge is 0.281 e. The number of carbonyl (C=O) groups is 2. The summed E-state index contributed by atoms with van der Waals surface area (Å²) in [5, 5.41) is 15.7. The van der Waals surface area contributed by atoms with Crippen molar-refractivity contribution in [1.29, 1.82) is 0 Å². The maximum atomic E-state index is 14.2. The first kappa shape index (κ1) is 23.1. The third-order valence-corrected chi connectivity index (χ3v) is 6.44. The number of hydrogen-bond donors (Lipinski definition) is 2. The van der Waals surface area contributed by atoms with Crippen LogP contribution in [0.25, 0.3) is 0 Å². The molecule has 11 heteroatoms. The van der Waals surface area contributed by atoms with Crippen LogP contribution in [0, 0.1) is 5.82 Å². The summed E-state index contributed by atoms with van der Waals surface area (Å²) in [4.78, 5) is 27.1. The molecule has 2 aliphatic heterocycles. The Morgan fingerprint density at radius 1 is 1.20 bits per heavy atom. The number of carbonyl (C=O) groups excluding carboxylic acids is 2. The van der Waals surface area contributed by atoms with Crippen LogP contribution in [0.2, 0.25) is 10.0 Å². The molecule has 0 spiro atoms. The van der Waals surface area contributed by atoms with Gasteiger partial charge in [-0.3, -0.25) is 9.59 Å². The molecule has 2 amide bonds. The molecule has 0 atom stereocenters. The lowest BCUT2D eigenvalue weighted by Gasteiger charge is -2.24. The number of amides is 2. The fraction of sp³-hybridized carbons (Fsp3) is 0.125. The number of nitrogens with one attached hydrogen (secondary N) is 1. The maximum absolute atomic E-state index is 14.2. The van der Waals surface area contributed by atoms with Gasteiger partial charge < -0.3 is 24.9 Å². The lowest BCUT2D eigenvalue weighted by Crippen LogP contribution is -2.30. The van der Waals surface area contributed by atoms with Crippen LogP contribution in [0.15, 0.2) is 53.7 Å². The van der Waals surface area contributed by atoms with Crippen LogP contribution in [0.1, 0.15) is 27.0 Å². The van der Waals surface area contributed by atoms with Gasteiger partial charge in [0.2, 0.25) is 0 Å². The summed E-state index contributed by atoms with van der Waals surface area (Å²) >= 11 is 12.2. The zero-order chi connectivity index (χ0) is 24.7. The molecule has 2 N–H and O–H groups in total. The first-order valence-electron chi connectivity index (χ1n) is 10.3. The van der Waals surface area contributed by atoms with Crippen LogP contribution in [-0.2, 0) is 22.7 Å². The average Bonchev–Trinajstić information content (AvgIpc) is 3.10. The van der Waals surface area contributed by atoms with E-state index in [2.05, 4.69) is 10.5 Å². The molecule has 3 aromatic carbocycles. The van der Waals surface area contributed by atoms with Gasteiger partial charge in [-0.15, -0.1) is 0 Å². The van der Waals surface area contributed by atoms with Gasteiger partial charge in [0.05, 0.1) is 34.4 Å². The van der Waals surface area contributed by atoms with E-state index in [1.807, 2.05) is 0 Å². The minimum atomic E-state index is -0.589. The molecule has 5 rings (SSSR count). The highest BCUT2D eigenvalue weighted by atomic mass is 35.5. The molecule has 0 saturated heterocycles. The van der Waals surface area contributed by atoms with E-state index in [4.69, 9.17) is 32.7 Å². The zero-order valence-corrected chi connectivity index (χ0v) is 19.4. The van der Waals surface area contributed by atoms with Gasteiger partial charge in [-0.2, -0.15) is 0 Å². The topological polar surface area (TPSA) is 100 Å². The van der Waals surface area contributed by atoms with Crippen molar-refractivity contribution in [2.24, 2.45) is 5.16 Å². The molecular weight excluding hydrogens is 500 g/mol. The summed E-state index contributed by atoms with van der Waals surface area (Å²) in [6.45, 7) is 0.112. The molecule has 3 aromatic rings. The molecule has 2 heterocycles. The lowest BCUT2D eigenvalue weighted by atomic mass is 10.1. The Morgan fingerprint density at radius 3 is 2.83 bits per heavy atom. The van der Waals surface area contributed by atoms with E-state index in [1.54, 1.807) is 30.3 Å². The lowest BCUT2D eigenvalue weighted by molar-refractivity contribution is -0.112. The third-order valence-electron chi connectivity index (χ3n) is 5.63. The van der Waals surface area contributed by atoms with Gasteiger partial charge >= 0.3 is 0 Å². The number of nitrogens with zero attached hydrogens (tertiary/aromatic N) is 2. The van der Waals surface area contributed by atoms with E-state index in [1.165, 1.54) is 23.1 Å². The van der Waals surface area contributed by atoms with Gasteiger partial charge in [-0.1, -0.05) is 34.4 Å². The summed E-state index contributed by atoms with van der Waals surface area (Å²) < 4.78 is 25.0.